The Morgan fingerprint density at radius 3 is 0.592 bits per heavy atom. The largest absolute Gasteiger partial charge is 0.218 e. The zero-order valence-electron chi connectivity index (χ0n) is 84.2. The van der Waals surface area contributed by atoms with E-state index in [4.69, 9.17) is 0 Å². The summed E-state index contributed by atoms with van der Waals surface area (Å²) in [5.74, 6) is 0. The van der Waals surface area contributed by atoms with Crippen molar-refractivity contribution in [2.75, 3.05) is 12.5 Å². The van der Waals surface area contributed by atoms with Crippen molar-refractivity contribution in [1.82, 2.24) is 0 Å². The molecule has 0 radical (unpaired) electrons. The fourth-order valence-corrected chi connectivity index (χ4v) is 39.0. The van der Waals surface area contributed by atoms with Gasteiger partial charge < -0.3 is 0 Å². The van der Waals surface area contributed by atoms with Crippen molar-refractivity contribution < 1.29 is 54.1 Å². The molecular weight excluding hydrogens is 2330 g/mol. The molecule has 0 saturated carbocycles. The monoisotopic (exact) mass is 2460 g/mol. The van der Waals surface area contributed by atoms with Gasteiger partial charge in [0.2, 0.25) is 39.3 Å². The summed E-state index contributed by atoms with van der Waals surface area (Å²) in [5, 5.41) is 16.8. The molecule has 4 aliphatic heterocycles. The van der Waals surface area contributed by atoms with Crippen LogP contribution in [0.4, 0.5) is 0 Å². The van der Waals surface area contributed by atoms with Crippen molar-refractivity contribution >= 4 is 234 Å². The number of hydrogen-bond donors (Lipinski definition) is 0. The maximum Gasteiger partial charge on any atom is 0.214 e. The van der Waals surface area contributed by atoms with Crippen molar-refractivity contribution in [2.45, 2.75) is 171 Å². The molecule has 8 nitrogen and oxygen atoms in total. The summed E-state index contributed by atoms with van der Waals surface area (Å²) in [6, 6.07) is 137. The van der Waals surface area contributed by atoms with Crippen LogP contribution in [0.25, 0.3) is 4.91 Å². The summed E-state index contributed by atoms with van der Waals surface area (Å²) in [6.45, 7) is 10.6. The van der Waals surface area contributed by atoms with E-state index in [9.17, 15) is 33.7 Å². The number of allylic oxidation sites excluding steroid dienone is 8. The van der Waals surface area contributed by atoms with Crippen LogP contribution in [-0.4, -0.2) is 46.2 Å². The fourth-order valence-electron chi connectivity index (χ4n) is 16.8. The number of thiophene rings is 2. The molecular formula is C123H129Br3O8P4PdS8. The Bertz CT molecular complexity index is 6270. The van der Waals surface area contributed by atoms with Crippen LogP contribution < -0.4 is 63.7 Å². The summed E-state index contributed by atoms with van der Waals surface area (Å²) in [7, 11) is -17.3. The van der Waals surface area contributed by atoms with Gasteiger partial charge in [-0.3, -0.25) is 0 Å². The average molecular weight is 2460 g/mol. The molecule has 2 aromatic heterocycles. The molecule has 0 N–H and O–H groups in total. The van der Waals surface area contributed by atoms with Crippen molar-refractivity contribution in [3.63, 3.8) is 0 Å². The number of aryl methyl sites for hydroxylation is 1. The fraction of sp³-hybridized carbons (Fsp3) is 0.220. The van der Waals surface area contributed by atoms with Gasteiger partial charge in [-0.05, 0) is 285 Å². The van der Waals surface area contributed by atoms with Gasteiger partial charge >= 0.3 is 0 Å². The number of unbranched alkanes of at least 4 members (excludes halogenated alkanes) is 12. The van der Waals surface area contributed by atoms with Gasteiger partial charge in [0, 0.05) is 30.2 Å². The minimum atomic E-state index is -3.95. The predicted molar refractivity (Wildman–Crippen MR) is 655 cm³/mol. The summed E-state index contributed by atoms with van der Waals surface area (Å²) in [4.78, 5) is 1.99. The quantitative estimate of drug-likeness (QED) is 0.0160. The minimum Gasteiger partial charge on any atom is -0.218 e. The Morgan fingerprint density at radius 1 is 0.231 bits per heavy atom. The van der Waals surface area contributed by atoms with Crippen LogP contribution in [-0.2, 0) is 59.8 Å². The predicted octanol–water partition coefficient (Wildman–Crippen LogP) is 31.7. The molecule has 0 fully saturated rings. The Morgan fingerprint density at radius 2 is 0.415 bits per heavy atom. The second-order valence-corrected chi connectivity index (χ2v) is 59.6. The summed E-state index contributed by atoms with van der Waals surface area (Å²) < 4.78 is 108. The van der Waals surface area contributed by atoms with E-state index in [2.05, 4.69) is 465 Å². The van der Waals surface area contributed by atoms with E-state index < -0.39 is 71.0 Å². The van der Waals surface area contributed by atoms with E-state index in [1.807, 2.05) is 41.5 Å². The molecule has 6 heterocycles. The van der Waals surface area contributed by atoms with Crippen LogP contribution >= 0.6 is 126 Å². The molecule has 24 heteroatoms. The molecule has 0 unspecified atom stereocenters. The Labute approximate surface area is 937 Å². The van der Waals surface area contributed by atoms with Gasteiger partial charge in [-0.15, -0.1) is 46.2 Å². The van der Waals surface area contributed by atoms with E-state index in [1.165, 1.54) is 96.2 Å². The Hall–Kier alpha value is -7.72. The topological polar surface area (TPSA) is 137 Å². The van der Waals surface area contributed by atoms with Crippen molar-refractivity contribution in [2.24, 2.45) is 0 Å². The normalized spacial score (nSPS) is 14.4. The molecule has 147 heavy (non-hydrogen) atoms. The van der Waals surface area contributed by atoms with E-state index in [0.717, 1.165) is 113 Å². The number of benzene rings is 12. The van der Waals surface area contributed by atoms with Crippen LogP contribution in [0.2, 0.25) is 0 Å². The van der Waals surface area contributed by atoms with E-state index >= 15 is 0 Å². The molecule has 4 aliphatic rings. The number of thioether (sulfide) groups is 2. The molecule has 14 aromatic rings. The Balaban J connectivity index is 0.000000167. The minimum absolute atomic E-state index is 0. The third-order valence-corrected chi connectivity index (χ3v) is 50.9. The second kappa shape index (κ2) is 62.5. The number of rotatable bonds is 37. The number of sulfone groups is 4. The van der Waals surface area contributed by atoms with Crippen molar-refractivity contribution in [3.05, 3.63) is 476 Å². The molecule has 18 rings (SSSR count). The van der Waals surface area contributed by atoms with Crippen LogP contribution in [0.3, 0.4) is 0 Å². The zero-order chi connectivity index (χ0) is 104. The van der Waals surface area contributed by atoms with Gasteiger partial charge in [0.25, 0.3) is 0 Å². The van der Waals surface area contributed by atoms with E-state index in [0.29, 0.717) is 47.3 Å². The first kappa shape index (κ1) is 120. The Kier molecular flexibility index (Phi) is 50.8. The molecule has 0 spiro atoms. The van der Waals surface area contributed by atoms with Crippen molar-refractivity contribution in [1.29, 1.82) is 0 Å². The maximum absolute atomic E-state index is 13.8. The van der Waals surface area contributed by atoms with Gasteiger partial charge in [-0.25, -0.2) is 33.7 Å². The number of halogens is 3. The van der Waals surface area contributed by atoms with E-state index in [1.54, 1.807) is 23.9 Å². The van der Waals surface area contributed by atoms with Crippen molar-refractivity contribution in [3.8, 4) is 0 Å². The molecule has 0 bridgehead atoms. The second-order valence-electron chi connectivity index (χ2n) is 34.8. The van der Waals surface area contributed by atoms with Gasteiger partial charge in [0.15, 0.2) is 0 Å². The molecule has 0 atom stereocenters. The third-order valence-electron chi connectivity index (χ3n) is 24.2. The van der Waals surface area contributed by atoms with Gasteiger partial charge in [0.1, 0.15) is 11.4 Å². The first-order valence-corrected chi connectivity index (χ1v) is 67.6. The van der Waals surface area contributed by atoms with Crippen LogP contribution in [0, 0.1) is 6.92 Å². The van der Waals surface area contributed by atoms with Gasteiger partial charge in [-0.2, -0.15) is 0 Å². The first-order chi connectivity index (χ1) is 71.0. The smallest absolute Gasteiger partial charge is 0.214 e. The molecule has 0 amide bonds. The third kappa shape index (κ3) is 34.1. The van der Waals surface area contributed by atoms with Gasteiger partial charge in [-0.1, -0.05) is 469 Å². The molecule has 768 valence electrons. The van der Waals surface area contributed by atoms with Crippen LogP contribution in [0.15, 0.2) is 474 Å². The summed E-state index contributed by atoms with van der Waals surface area (Å²) in [5.41, 5.74) is 2.72. The number of hydrogen-bond acceptors (Lipinski definition) is 12. The van der Waals surface area contributed by atoms with Crippen LogP contribution in [0.1, 0.15) is 166 Å². The zero-order valence-corrected chi connectivity index (χ0v) is 101. The van der Waals surface area contributed by atoms with Gasteiger partial charge in [0.05, 0.1) is 32.9 Å². The standard InChI is InChI=1S/C25H33BrO4S4.C20H28Br2O4S2.4C18H15P.C6H8S2.Pd/c1-4-6-8-10-12-18-16-21(33(27,28)24(18)20-14-15-23(31-3)32-20)22-17-19(13-11-9-7-5-2)25(26)34(22,29)30;1-3-5-7-9-11-15-13-17(27(23,24)19(15)21)18-14-16(12-10-8-6-4-2)20(22)28(18,25)26;4*1-4-10-16(11-5-1)19(17-12-6-2-7-13-17)18-14-8-3-9-15-18;1-5-3-4-6(7-2)8-5;/h14-17H,4-13H2,1-3H3;13-14H,3-12H2,1-2H3;4*1-15H;3-4H,1-2H3;. The molecule has 0 saturated heterocycles. The SMILES string of the molecule is CCCCCCC1=C(Br)S(=O)(=O)C(C2=CC(CCCCCC)=C(Br)S2(=O)=O)=C1.CCCCCCC1=C(Br)S(=O)(=O)C(C2=CC(CCCCCC)=C(c3ccc(SC)s3)S2(=O)=O)=C1.CSc1ccc(C)s1.[Pd].c1ccc(P(c2ccccc2)c2ccccc2)cc1.c1ccc(P(c2ccccc2)c2ccccc2)cc1.c1ccc(P(c2ccccc2)c2ccccc2)cc1.c1ccc(P(c2ccccc2)c2ccccc2)cc1. The van der Waals surface area contributed by atoms with Crippen LogP contribution in [0.5, 0.6) is 0 Å². The molecule has 12 aromatic carbocycles. The summed E-state index contributed by atoms with van der Waals surface area (Å²) >= 11 is 16.4. The maximum atomic E-state index is 13.8. The van der Waals surface area contributed by atoms with E-state index in [-0.39, 0.29) is 56.4 Å². The molecule has 0 aliphatic carbocycles. The summed E-state index contributed by atoms with van der Waals surface area (Å²) in [6.07, 6.45) is 29.2. The average Bonchev–Trinajstić information content (AvgIpc) is 1.57. The first-order valence-electron chi connectivity index (χ1n) is 49.8.